The molecule has 1 atom stereocenters. The molecule has 1 unspecified atom stereocenters. The SMILES string of the molecule is Fc1ccc(-c2nc3c(o2)CCC(c2ccccn2)C3)cc1. The van der Waals surface area contributed by atoms with Gasteiger partial charge in [0.05, 0.1) is 5.69 Å². The van der Waals surface area contributed by atoms with E-state index in [1.54, 1.807) is 12.1 Å². The molecule has 3 nitrogen and oxygen atoms in total. The van der Waals surface area contributed by atoms with Crippen LogP contribution in [0, 0.1) is 5.82 Å². The number of aryl methyl sites for hydroxylation is 1. The topological polar surface area (TPSA) is 38.9 Å². The highest BCUT2D eigenvalue weighted by Gasteiger charge is 2.26. The average Bonchev–Trinajstić information content (AvgIpc) is 2.99. The van der Waals surface area contributed by atoms with Gasteiger partial charge in [0.2, 0.25) is 5.89 Å². The first-order valence-electron chi connectivity index (χ1n) is 7.45. The number of pyridine rings is 1. The van der Waals surface area contributed by atoms with E-state index in [1.165, 1.54) is 12.1 Å². The summed E-state index contributed by atoms with van der Waals surface area (Å²) in [6, 6.07) is 12.3. The van der Waals surface area contributed by atoms with Crippen molar-refractivity contribution < 1.29 is 8.81 Å². The second-order valence-electron chi connectivity index (χ2n) is 5.59. The zero-order chi connectivity index (χ0) is 14.9. The van der Waals surface area contributed by atoms with Crippen molar-refractivity contribution >= 4 is 0 Å². The Balaban J connectivity index is 1.62. The fourth-order valence-corrected chi connectivity index (χ4v) is 2.96. The molecule has 22 heavy (non-hydrogen) atoms. The van der Waals surface area contributed by atoms with Gasteiger partial charge in [-0.3, -0.25) is 4.98 Å². The molecule has 4 heteroatoms. The Morgan fingerprint density at radius 3 is 2.73 bits per heavy atom. The van der Waals surface area contributed by atoms with Crippen LogP contribution in [0.4, 0.5) is 4.39 Å². The first-order chi connectivity index (χ1) is 10.8. The summed E-state index contributed by atoms with van der Waals surface area (Å²) in [6.45, 7) is 0. The number of benzene rings is 1. The van der Waals surface area contributed by atoms with Crippen molar-refractivity contribution in [3.8, 4) is 11.5 Å². The number of fused-ring (bicyclic) bond motifs is 1. The van der Waals surface area contributed by atoms with Crippen LogP contribution in [0.2, 0.25) is 0 Å². The first-order valence-corrected chi connectivity index (χ1v) is 7.45. The van der Waals surface area contributed by atoms with Gasteiger partial charge in [-0.2, -0.15) is 0 Å². The van der Waals surface area contributed by atoms with Crippen molar-refractivity contribution in [2.45, 2.75) is 25.2 Å². The van der Waals surface area contributed by atoms with Crippen molar-refractivity contribution in [1.82, 2.24) is 9.97 Å². The maximum atomic E-state index is 13.0. The van der Waals surface area contributed by atoms with Crippen LogP contribution in [0.15, 0.2) is 53.1 Å². The van der Waals surface area contributed by atoms with Crippen LogP contribution >= 0.6 is 0 Å². The summed E-state index contributed by atoms with van der Waals surface area (Å²) in [5.41, 5.74) is 2.92. The molecule has 0 N–H and O–H groups in total. The van der Waals surface area contributed by atoms with Gasteiger partial charge in [-0.15, -0.1) is 0 Å². The molecule has 4 rings (SSSR count). The fraction of sp³-hybridized carbons (Fsp3) is 0.222. The van der Waals surface area contributed by atoms with E-state index in [0.29, 0.717) is 11.8 Å². The summed E-state index contributed by atoms with van der Waals surface area (Å²) < 4.78 is 18.9. The second-order valence-corrected chi connectivity index (χ2v) is 5.59. The zero-order valence-corrected chi connectivity index (χ0v) is 12.0. The molecular formula is C18H15FN2O. The number of halogens is 1. The summed E-state index contributed by atoms with van der Waals surface area (Å²) in [7, 11) is 0. The first kappa shape index (κ1) is 13.2. The van der Waals surface area contributed by atoms with Crippen molar-refractivity contribution in [3.63, 3.8) is 0 Å². The fourth-order valence-electron chi connectivity index (χ4n) is 2.96. The Morgan fingerprint density at radius 1 is 1.09 bits per heavy atom. The molecule has 0 spiro atoms. The molecule has 2 aromatic heterocycles. The Bertz CT molecular complexity index is 781. The summed E-state index contributed by atoms with van der Waals surface area (Å²) in [5, 5.41) is 0. The van der Waals surface area contributed by atoms with Crippen LogP contribution in [0.25, 0.3) is 11.5 Å². The van der Waals surface area contributed by atoms with E-state index in [0.717, 1.165) is 42.0 Å². The van der Waals surface area contributed by atoms with Crippen LogP contribution in [0.5, 0.6) is 0 Å². The Morgan fingerprint density at radius 2 is 1.95 bits per heavy atom. The standard InChI is InChI=1S/C18H15FN2O/c19-14-7-4-12(5-8-14)18-21-16-11-13(6-9-17(16)22-18)15-3-1-2-10-20-15/h1-5,7-8,10,13H,6,9,11H2. The third-order valence-corrected chi connectivity index (χ3v) is 4.14. The largest absolute Gasteiger partial charge is 0.441 e. The lowest BCUT2D eigenvalue weighted by Crippen LogP contribution is -2.13. The monoisotopic (exact) mass is 294 g/mol. The molecule has 0 saturated heterocycles. The number of hydrogen-bond donors (Lipinski definition) is 0. The molecule has 0 aliphatic heterocycles. The highest BCUT2D eigenvalue weighted by Crippen LogP contribution is 2.34. The molecule has 3 aromatic rings. The lowest BCUT2D eigenvalue weighted by Gasteiger charge is -2.19. The minimum absolute atomic E-state index is 0.254. The van der Waals surface area contributed by atoms with E-state index in [9.17, 15) is 4.39 Å². The van der Waals surface area contributed by atoms with Crippen LogP contribution < -0.4 is 0 Å². The van der Waals surface area contributed by atoms with Crippen LogP contribution in [0.1, 0.15) is 29.5 Å². The number of oxazole rings is 1. The maximum Gasteiger partial charge on any atom is 0.226 e. The molecule has 0 fully saturated rings. The van der Waals surface area contributed by atoms with Crippen molar-refractivity contribution in [1.29, 1.82) is 0 Å². The molecule has 2 heterocycles. The van der Waals surface area contributed by atoms with Crippen LogP contribution in [-0.2, 0) is 12.8 Å². The minimum atomic E-state index is -0.254. The average molecular weight is 294 g/mol. The van der Waals surface area contributed by atoms with Gasteiger partial charge in [-0.1, -0.05) is 6.07 Å². The molecule has 0 saturated carbocycles. The quantitative estimate of drug-likeness (QED) is 0.712. The third kappa shape index (κ3) is 2.41. The smallest absolute Gasteiger partial charge is 0.226 e. The van der Waals surface area contributed by atoms with Crippen molar-refractivity contribution in [2.75, 3.05) is 0 Å². The number of hydrogen-bond acceptors (Lipinski definition) is 3. The maximum absolute atomic E-state index is 13.0. The van der Waals surface area contributed by atoms with Gasteiger partial charge in [0.25, 0.3) is 0 Å². The lowest BCUT2D eigenvalue weighted by molar-refractivity contribution is 0.461. The molecule has 0 amide bonds. The molecular weight excluding hydrogens is 279 g/mol. The van der Waals surface area contributed by atoms with Gasteiger partial charge >= 0.3 is 0 Å². The molecule has 110 valence electrons. The highest BCUT2D eigenvalue weighted by molar-refractivity contribution is 5.53. The zero-order valence-electron chi connectivity index (χ0n) is 12.0. The Hall–Kier alpha value is -2.49. The van der Waals surface area contributed by atoms with Gasteiger partial charge in [-0.05, 0) is 42.8 Å². The minimum Gasteiger partial charge on any atom is -0.441 e. The van der Waals surface area contributed by atoms with Crippen LogP contribution in [0.3, 0.4) is 0 Å². The van der Waals surface area contributed by atoms with Crippen molar-refractivity contribution in [3.05, 3.63) is 71.6 Å². The summed E-state index contributed by atoms with van der Waals surface area (Å²) in [5.74, 6) is 1.66. The lowest BCUT2D eigenvalue weighted by atomic mass is 9.87. The van der Waals surface area contributed by atoms with Crippen molar-refractivity contribution in [2.24, 2.45) is 0 Å². The van der Waals surface area contributed by atoms with Gasteiger partial charge in [0.15, 0.2) is 0 Å². The van der Waals surface area contributed by atoms with E-state index in [2.05, 4.69) is 16.0 Å². The second kappa shape index (κ2) is 5.37. The summed E-state index contributed by atoms with van der Waals surface area (Å²) in [6.07, 6.45) is 4.56. The van der Waals surface area contributed by atoms with E-state index in [1.807, 2.05) is 18.3 Å². The Kier molecular flexibility index (Phi) is 3.22. The Labute approximate surface area is 127 Å². The third-order valence-electron chi connectivity index (χ3n) is 4.14. The summed E-state index contributed by atoms with van der Waals surface area (Å²) >= 11 is 0. The van der Waals surface area contributed by atoms with E-state index in [-0.39, 0.29) is 5.82 Å². The van der Waals surface area contributed by atoms with E-state index >= 15 is 0 Å². The molecule has 1 aliphatic carbocycles. The molecule has 1 aliphatic rings. The molecule has 0 bridgehead atoms. The van der Waals surface area contributed by atoms with E-state index < -0.39 is 0 Å². The number of aromatic nitrogens is 2. The van der Waals surface area contributed by atoms with Gasteiger partial charge in [-0.25, -0.2) is 9.37 Å². The van der Waals surface area contributed by atoms with Gasteiger partial charge in [0.1, 0.15) is 11.6 Å². The summed E-state index contributed by atoms with van der Waals surface area (Å²) in [4.78, 5) is 9.06. The number of nitrogens with zero attached hydrogens (tertiary/aromatic N) is 2. The number of rotatable bonds is 2. The predicted molar refractivity (Wildman–Crippen MR) is 80.9 cm³/mol. The highest BCUT2D eigenvalue weighted by atomic mass is 19.1. The molecule has 0 radical (unpaired) electrons. The van der Waals surface area contributed by atoms with E-state index in [4.69, 9.17) is 4.42 Å². The van der Waals surface area contributed by atoms with Gasteiger partial charge in [0, 0.05) is 36.2 Å². The van der Waals surface area contributed by atoms with Crippen LogP contribution in [-0.4, -0.2) is 9.97 Å². The predicted octanol–water partition coefficient (Wildman–Crippen LogP) is 4.15. The molecule has 1 aromatic carbocycles. The normalized spacial score (nSPS) is 17.2. The van der Waals surface area contributed by atoms with Gasteiger partial charge < -0.3 is 4.42 Å².